The maximum absolute atomic E-state index is 10.6. The van der Waals surface area contributed by atoms with Crippen molar-refractivity contribution in [2.24, 2.45) is 10.9 Å². The van der Waals surface area contributed by atoms with Crippen LogP contribution < -0.4 is 10.9 Å². The molecule has 2 N–H and O–H groups in total. The fourth-order valence-corrected chi connectivity index (χ4v) is 0.890. The predicted octanol–water partition coefficient (Wildman–Crippen LogP) is 0.0654. The van der Waals surface area contributed by atoms with Gasteiger partial charge in [0.1, 0.15) is 12.4 Å². The molecule has 4 nitrogen and oxygen atoms in total. The lowest BCUT2D eigenvalue weighted by molar-refractivity contribution is -0.120. The SMILES string of the molecule is CC(C)CC1=NCC(=O)NN1. The first kappa shape index (κ1) is 8.04. The summed E-state index contributed by atoms with van der Waals surface area (Å²) in [5, 5.41) is 0. The highest BCUT2D eigenvalue weighted by molar-refractivity contribution is 5.91. The molecule has 0 saturated heterocycles. The molecular formula is C7H13N3O. The highest BCUT2D eigenvalue weighted by Crippen LogP contribution is 2.00. The standard InChI is InChI=1S/C7H13N3O/c1-5(2)3-6-8-4-7(11)10-9-6/h5H,3-4H2,1-2H3,(H,8,9)(H,10,11). The zero-order valence-electron chi connectivity index (χ0n) is 6.85. The molecule has 0 fully saturated rings. The van der Waals surface area contributed by atoms with E-state index in [0.717, 1.165) is 12.3 Å². The van der Waals surface area contributed by atoms with Gasteiger partial charge in [-0.05, 0) is 5.92 Å². The van der Waals surface area contributed by atoms with E-state index in [1.54, 1.807) is 0 Å². The van der Waals surface area contributed by atoms with Crippen LogP contribution >= 0.6 is 0 Å². The number of rotatable bonds is 2. The van der Waals surface area contributed by atoms with Crippen molar-refractivity contribution < 1.29 is 4.79 Å². The number of amides is 1. The third kappa shape index (κ3) is 2.57. The van der Waals surface area contributed by atoms with Crippen LogP contribution in [0, 0.1) is 5.92 Å². The Morgan fingerprint density at radius 3 is 2.73 bits per heavy atom. The van der Waals surface area contributed by atoms with Crippen LogP contribution in [0.4, 0.5) is 0 Å². The number of carbonyl (C=O) groups excluding carboxylic acids is 1. The largest absolute Gasteiger partial charge is 0.286 e. The van der Waals surface area contributed by atoms with Gasteiger partial charge in [0.25, 0.3) is 5.91 Å². The summed E-state index contributed by atoms with van der Waals surface area (Å²) in [6, 6.07) is 0. The quantitative estimate of drug-likeness (QED) is 0.592. The van der Waals surface area contributed by atoms with Crippen molar-refractivity contribution in [3.05, 3.63) is 0 Å². The molecule has 1 amide bonds. The summed E-state index contributed by atoms with van der Waals surface area (Å²) in [4.78, 5) is 14.7. The van der Waals surface area contributed by atoms with Crippen LogP contribution in [0.3, 0.4) is 0 Å². The molecule has 0 spiro atoms. The van der Waals surface area contributed by atoms with Gasteiger partial charge in [-0.15, -0.1) is 0 Å². The molecule has 0 aromatic heterocycles. The molecule has 1 aliphatic heterocycles. The van der Waals surface area contributed by atoms with Gasteiger partial charge < -0.3 is 0 Å². The van der Waals surface area contributed by atoms with Crippen LogP contribution in [-0.2, 0) is 4.79 Å². The van der Waals surface area contributed by atoms with Gasteiger partial charge in [0.15, 0.2) is 0 Å². The van der Waals surface area contributed by atoms with Crippen molar-refractivity contribution in [3.63, 3.8) is 0 Å². The number of hydrazine groups is 1. The van der Waals surface area contributed by atoms with E-state index >= 15 is 0 Å². The molecule has 1 rings (SSSR count). The minimum absolute atomic E-state index is 0.0718. The summed E-state index contributed by atoms with van der Waals surface area (Å²) < 4.78 is 0. The molecule has 1 aliphatic rings. The molecule has 0 aromatic rings. The summed E-state index contributed by atoms with van der Waals surface area (Å²) >= 11 is 0. The minimum Gasteiger partial charge on any atom is -0.286 e. The first-order valence-corrected chi connectivity index (χ1v) is 3.76. The van der Waals surface area contributed by atoms with Crippen LogP contribution in [-0.4, -0.2) is 18.3 Å². The van der Waals surface area contributed by atoms with E-state index < -0.39 is 0 Å². The van der Waals surface area contributed by atoms with Crippen LogP contribution in [0.15, 0.2) is 4.99 Å². The summed E-state index contributed by atoms with van der Waals surface area (Å²) in [7, 11) is 0. The van der Waals surface area contributed by atoms with Gasteiger partial charge >= 0.3 is 0 Å². The maximum atomic E-state index is 10.6. The molecule has 0 bridgehead atoms. The number of amidine groups is 1. The zero-order chi connectivity index (χ0) is 8.27. The predicted molar refractivity (Wildman–Crippen MR) is 43.0 cm³/mol. The van der Waals surface area contributed by atoms with Crippen LogP contribution in [0.2, 0.25) is 0 Å². The van der Waals surface area contributed by atoms with Crippen LogP contribution in [0.1, 0.15) is 20.3 Å². The monoisotopic (exact) mass is 155 g/mol. The van der Waals surface area contributed by atoms with Crippen molar-refractivity contribution in [2.45, 2.75) is 20.3 Å². The molecule has 0 radical (unpaired) electrons. The lowest BCUT2D eigenvalue weighted by atomic mass is 10.1. The summed E-state index contributed by atoms with van der Waals surface area (Å²) in [5.41, 5.74) is 5.27. The third-order valence-corrected chi connectivity index (χ3v) is 1.36. The van der Waals surface area contributed by atoms with Crippen LogP contribution in [0.25, 0.3) is 0 Å². The van der Waals surface area contributed by atoms with Crippen molar-refractivity contribution in [3.8, 4) is 0 Å². The smallest absolute Gasteiger partial charge is 0.260 e. The van der Waals surface area contributed by atoms with Gasteiger partial charge in [0.05, 0.1) is 0 Å². The van der Waals surface area contributed by atoms with Crippen molar-refractivity contribution in [1.82, 2.24) is 10.9 Å². The second-order valence-corrected chi connectivity index (χ2v) is 3.03. The third-order valence-electron chi connectivity index (χ3n) is 1.36. The van der Waals surface area contributed by atoms with Gasteiger partial charge in [-0.3, -0.25) is 20.6 Å². The first-order valence-electron chi connectivity index (χ1n) is 3.76. The highest BCUT2D eigenvalue weighted by Gasteiger charge is 2.09. The lowest BCUT2D eigenvalue weighted by Crippen LogP contribution is -2.47. The number of carbonyl (C=O) groups is 1. The van der Waals surface area contributed by atoms with Crippen molar-refractivity contribution in [1.29, 1.82) is 0 Å². The Morgan fingerprint density at radius 2 is 2.27 bits per heavy atom. The molecule has 0 saturated carbocycles. The summed E-state index contributed by atoms with van der Waals surface area (Å²) in [5.74, 6) is 1.37. The summed E-state index contributed by atoms with van der Waals surface area (Å²) in [6.07, 6.45) is 0.889. The van der Waals surface area contributed by atoms with Gasteiger partial charge in [-0.1, -0.05) is 13.8 Å². The van der Waals surface area contributed by atoms with E-state index in [0.29, 0.717) is 5.92 Å². The number of hydrogen-bond acceptors (Lipinski definition) is 3. The number of aliphatic imine (C=N–C) groups is 1. The number of nitrogens with one attached hydrogen (secondary N) is 2. The Morgan fingerprint density at radius 1 is 1.55 bits per heavy atom. The van der Waals surface area contributed by atoms with E-state index in [4.69, 9.17) is 0 Å². The van der Waals surface area contributed by atoms with Crippen molar-refractivity contribution in [2.75, 3.05) is 6.54 Å². The highest BCUT2D eigenvalue weighted by atomic mass is 16.2. The molecule has 1 heterocycles. The van der Waals surface area contributed by atoms with Crippen molar-refractivity contribution >= 4 is 11.7 Å². The van der Waals surface area contributed by atoms with Gasteiger partial charge in [-0.2, -0.15) is 0 Å². The molecule has 0 aliphatic carbocycles. The molecule has 11 heavy (non-hydrogen) atoms. The fourth-order valence-electron chi connectivity index (χ4n) is 0.890. The topological polar surface area (TPSA) is 53.5 Å². The average Bonchev–Trinajstić information content (AvgIpc) is 1.93. The number of nitrogens with zero attached hydrogens (tertiary/aromatic N) is 1. The molecule has 4 heteroatoms. The zero-order valence-corrected chi connectivity index (χ0v) is 6.85. The molecular weight excluding hydrogens is 142 g/mol. The van der Waals surface area contributed by atoms with E-state index in [-0.39, 0.29) is 12.5 Å². The Hall–Kier alpha value is -1.06. The fraction of sp³-hybridized carbons (Fsp3) is 0.714. The molecule has 0 atom stereocenters. The van der Waals surface area contributed by atoms with Gasteiger partial charge in [-0.25, -0.2) is 0 Å². The molecule has 0 unspecified atom stereocenters. The maximum Gasteiger partial charge on any atom is 0.260 e. The number of hydrogen-bond donors (Lipinski definition) is 2. The van der Waals surface area contributed by atoms with E-state index in [1.165, 1.54) is 0 Å². The summed E-state index contributed by atoms with van der Waals surface area (Å²) in [6.45, 7) is 4.48. The Bertz CT molecular complexity index is 186. The van der Waals surface area contributed by atoms with Gasteiger partial charge in [0, 0.05) is 6.42 Å². The Balaban J connectivity index is 2.41. The molecule has 62 valence electrons. The van der Waals surface area contributed by atoms with E-state index in [1.807, 2.05) is 0 Å². The Kier molecular flexibility index (Phi) is 2.46. The lowest BCUT2D eigenvalue weighted by Gasteiger charge is -2.16. The first-order chi connectivity index (χ1) is 5.18. The van der Waals surface area contributed by atoms with Crippen LogP contribution in [0.5, 0.6) is 0 Å². The van der Waals surface area contributed by atoms with E-state index in [9.17, 15) is 4.79 Å². The Labute approximate surface area is 66.0 Å². The minimum atomic E-state index is -0.0718. The second-order valence-electron chi connectivity index (χ2n) is 3.03. The molecule has 0 aromatic carbocycles. The normalized spacial score (nSPS) is 17.4. The average molecular weight is 155 g/mol. The second kappa shape index (κ2) is 3.37. The van der Waals surface area contributed by atoms with E-state index in [2.05, 4.69) is 29.7 Å². The van der Waals surface area contributed by atoms with Gasteiger partial charge in [0.2, 0.25) is 0 Å².